The maximum absolute atomic E-state index is 13.4. The van der Waals surface area contributed by atoms with Gasteiger partial charge in [0.05, 0.1) is 18.4 Å². The van der Waals surface area contributed by atoms with E-state index in [9.17, 15) is 29.7 Å². The van der Waals surface area contributed by atoms with Crippen molar-refractivity contribution >= 4 is 17.7 Å². The number of ketones is 1. The Morgan fingerprint density at radius 3 is 2.67 bits per heavy atom. The lowest BCUT2D eigenvalue weighted by atomic mass is 9.38. The molecule has 39 heavy (non-hydrogen) atoms. The molecule has 3 aliphatic carbocycles. The molecule has 0 aromatic carbocycles. The zero-order valence-corrected chi connectivity index (χ0v) is 23.1. The van der Waals surface area contributed by atoms with Crippen molar-refractivity contribution in [2.45, 2.75) is 96.4 Å². The Morgan fingerprint density at radius 1 is 1.26 bits per heavy atom. The third kappa shape index (κ3) is 3.84. The highest BCUT2D eigenvalue weighted by molar-refractivity contribution is 5.96. The van der Waals surface area contributed by atoms with Crippen LogP contribution in [-0.2, 0) is 28.6 Å². The van der Waals surface area contributed by atoms with Crippen LogP contribution in [0, 0.1) is 28.6 Å². The summed E-state index contributed by atoms with van der Waals surface area (Å²) < 4.78 is 17.6. The molecule has 0 aromatic heterocycles. The van der Waals surface area contributed by atoms with Gasteiger partial charge in [0.15, 0.2) is 11.6 Å². The number of aliphatic hydroxyl groups excluding tert-OH is 2. The largest absolute Gasteiger partial charge is 0.459 e. The second-order valence-corrected chi connectivity index (χ2v) is 12.4. The van der Waals surface area contributed by atoms with Gasteiger partial charge in [-0.3, -0.25) is 9.59 Å². The van der Waals surface area contributed by atoms with E-state index in [1.807, 2.05) is 6.92 Å². The molecule has 9 nitrogen and oxygen atoms in total. The second kappa shape index (κ2) is 9.65. The van der Waals surface area contributed by atoms with Crippen LogP contribution in [0.5, 0.6) is 0 Å². The van der Waals surface area contributed by atoms with E-state index < -0.39 is 76.5 Å². The number of carbonyl (C=O) groups is 3. The molecular formula is C30H40O9. The van der Waals surface area contributed by atoms with Crippen LogP contribution in [0.2, 0.25) is 0 Å². The molecule has 0 amide bonds. The van der Waals surface area contributed by atoms with Gasteiger partial charge in [-0.25, -0.2) is 4.79 Å². The first-order valence-electron chi connectivity index (χ1n) is 14.0. The van der Waals surface area contributed by atoms with E-state index >= 15 is 0 Å². The molecule has 9 heteroatoms. The van der Waals surface area contributed by atoms with Gasteiger partial charge in [0.2, 0.25) is 6.10 Å². The number of hydrogen-bond acceptors (Lipinski definition) is 9. The number of ether oxygens (including phenoxy) is 3. The number of rotatable bonds is 7. The van der Waals surface area contributed by atoms with E-state index in [1.54, 1.807) is 19.9 Å². The standard InChI is InChI=1S/C30H40O9/c1-6-7-8-9-15(2)10-11-21(32)39-23-22-17(4)24(33)30(36)27-28(5)18(16(3)12-19(31)25(28)34)13-20(38-26(23)35)29(22,27)14-37-30/h10,12,18,20,22-25,27,33-34,36H,4,6-9,11,13-14H2,1-3,5H3/b15-10-/t18-,20+,22-,23+,24-,25+,27-,28+,29-,30+/m0/s1. The van der Waals surface area contributed by atoms with Gasteiger partial charge >= 0.3 is 11.9 Å². The van der Waals surface area contributed by atoms with Gasteiger partial charge in [-0.15, -0.1) is 0 Å². The first-order chi connectivity index (χ1) is 18.3. The third-order valence-corrected chi connectivity index (χ3v) is 10.3. The summed E-state index contributed by atoms with van der Waals surface area (Å²) >= 11 is 0. The van der Waals surface area contributed by atoms with E-state index in [4.69, 9.17) is 14.2 Å². The Hall–Kier alpha value is -2.33. The zero-order chi connectivity index (χ0) is 28.5. The Balaban J connectivity index is 1.52. The van der Waals surface area contributed by atoms with Crippen molar-refractivity contribution in [1.29, 1.82) is 0 Å². The van der Waals surface area contributed by atoms with Crippen molar-refractivity contribution in [2.24, 2.45) is 28.6 Å². The fourth-order valence-corrected chi connectivity index (χ4v) is 8.50. The lowest BCUT2D eigenvalue weighted by Crippen LogP contribution is -2.76. The normalized spacial score (nSPS) is 44.8. The molecule has 2 saturated heterocycles. The molecule has 5 rings (SSSR count). The lowest BCUT2D eigenvalue weighted by Gasteiger charge is -2.67. The highest BCUT2D eigenvalue weighted by atomic mass is 16.7. The van der Waals surface area contributed by atoms with Crippen molar-refractivity contribution in [3.05, 3.63) is 35.5 Å². The van der Waals surface area contributed by atoms with Gasteiger partial charge in [0.25, 0.3) is 0 Å². The van der Waals surface area contributed by atoms with Crippen LogP contribution in [0.4, 0.5) is 0 Å². The molecule has 2 saturated carbocycles. The van der Waals surface area contributed by atoms with Crippen LogP contribution in [0.15, 0.2) is 35.5 Å². The van der Waals surface area contributed by atoms with Crippen molar-refractivity contribution in [3.8, 4) is 0 Å². The maximum Gasteiger partial charge on any atom is 0.348 e. The number of aliphatic hydroxyl groups is 3. The predicted octanol–water partition coefficient (Wildman–Crippen LogP) is 2.52. The molecule has 10 atom stereocenters. The van der Waals surface area contributed by atoms with Gasteiger partial charge in [-0.2, -0.15) is 0 Å². The summed E-state index contributed by atoms with van der Waals surface area (Å²) in [5, 5.41) is 34.5. The van der Waals surface area contributed by atoms with E-state index in [0.29, 0.717) is 5.57 Å². The molecule has 0 aromatic rings. The van der Waals surface area contributed by atoms with E-state index in [0.717, 1.165) is 31.3 Å². The SMILES string of the molecule is C=C1[C@H](O)[C@@]2(O)OC[C@@]34[C@@H](C[C@H]5C(C)=CC(=O)[C@@H](O)[C@]5(C)[C@H]23)OC(=O)[C@H](OC(=O)C/C=C(/C)CCCCC)[C@H]14. The molecule has 2 heterocycles. The van der Waals surface area contributed by atoms with Crippen LogP contribution in [0.3, 0.4) is 0 Å². The van der Waals surface area contributed by atoms with Crippen LogP contribution in [0.1, 0.15) is 66.2 Å². The molecule has 2 aliphatic heterocycles. The molecular weight excluding hydrogens is 504 g/mol. The molecule has 5 aliphatic rings. The Morgan fingerprint density at radius 2 is 1.97 bits per heavy atom. The summed E-state index contributed by atoms with van der Waals surface area (Å²) in [7, 11) is 0. The van der Waals surface area contributed by atoms with E-state index in [1.165, 1.54) is 6.08 Å². The van der Waals surface area contributed by atoms with Crippen molar-refractivity contribution in [2.75, 3.05) is 6.61 Å². The molecule has 0 radical (unpaired) electrons. The number of esters is 2. The number of unbranched alkanes of at least 4 members (excludes halogenated alkanes) is 2. The minimum atomic E-state index is -2.17. The first-order valence-corrected chi connectivity index (χ1v) is 14.0. The molecule has 2 bridgehead atoms. The Bertz CT molecular complexity index is 1160. The summed E-state index contributed by atoms with van der Waals surface area (Å²) in [5.74, 6) is -6.39. The van der Waals surface area contributed by atoms with Gasteiger partial charge < -0.3 is 29.5 Å². The average Bonchev–Trinajstić information content (AvgIpc) is 3.17. The predicted molar refractivity (Wildman–Crippen MR) is 139 cm³/mol. The molecule has 0 unspecified atom stereocenters. The highest BCUT2D eigenvalue weighted by Crippen LogP contribution is 2.73. The Kier molecular flexibility index (Phi) is 6.98. The lowest BCUT2D eigenvalue weighted by molar-refractivity contribution is -0.311. The van der Waals surface area contributed by atoms with Crippen LogP contribution >= 0.6 is 0 Å². The minimum Gasteiger partial charge on any atom is -0.459 e. The molecule has 4 fully saturated rings. The van der Waals surface area contributed by atoms with E-state index in [-0.39, 0.29) is 25.0 Å². The number of allylic oxidation sites excluding steroid dienone is 2. The monoisotopic (exact) mass is 544 g/mol. The van der Waals surface area contributed by atoms with Gasteiger partial charge in [-0.1, -0.05) is 50.5 Å². The van der Waals surface area contributed by atoms with Gasteiger partial charge in [0.1, 0.15) is 18.3 Å². The summed E-state index contributed by atoms with van der Waals surface area (Å²) in [6.45, 7) is 11.5. The maximum atomic E-state index is 13.4. The van der Waals surface area contributed by atoms with Gasteiger partial charge in [-0.05, 0) is 50.7 Å². The third-order valence-electron chi connectivity index (χ3n) is 10.3. The summed E-state index contributed by atoms with van der Waals surface area (Å²) in [5.41, 5.74) is -0.536. The van der Waals surface area contributed by atoms with Crippen LogP contribution in [-0.4, -0.2) is 69.9 Å². The van der Waals surface area contributed by atoms with E-state index in [2.05, 4.69) is 13.5 Å². The minimum absolute atomic E-state index is 0.0270. The Labute approximate surface area is 228 Å². The first kappa shape index (κ1) is 28.2. The fraction of sp³-hybridized carbons (Fsp3) is 0.700. The zero-order valence-electron chi connectivity index (χ0n) is 23.1. The number of hydrogen-bond donors (Lipinski definition) is 3. The van der Waals surface area contributed by atoms with Gasteiger partial charge in [0, 0.05) is 17.3 Å². The number of fused-ring (bicyclic) bond motifs is 1. The molecule has 1 spiro atoms. The quantitative estimate of drug-likeness (QED) is 0.251. The average molecular weight is 545 g/mol. The summed E-state index contributed by atoms with van der Waals surface area (Å²) in [4.78, 5) is 39.2. The van der Waals surface area contributed by atoms with Crippen molar-refractivity contribution in [1.82, 2.24) is 0 Å². The summed E-state index contributed by atoms with van der Waals surface area (Å²) in [6.07, 6.45) is 2.25. The smallest absolute Gasteiger partial charge is 0.348 e. The molecule has 214 valence electrons. The number of carbonyl (C=O) groups excluding carboxylic acids is 3. The van der Waals surface area contributed by atoms with Crippen molar-refractivity contribution in [3.63, 3.8) is 0 Å². The highest BCUT2D eigenvalue weighted by Gasteiger charge is 2.83. The second-order valence-electron chi connectivity index (χ2n) is 12.4. The van der Waals surface area contributed by atoms with Crippen molar-refractivity contribution < 1.29 is 43.9 Å². The van der Waals surface area contributed by atoms with Crippen LogP contribution in [0.25, 0.3) is 0 Å². The molecule has 3 N–H and O–H groups in total. The summed E-state index contributed by atoms with van der Waals surface area (Å²) in [6, 6.07) is 0. The fourth-order valence-electron chi connectivity index (χ4n) is 8.50. The van der Waals surface area contributed by atoms with Crippen LogP contribution < -0.4 is 0 Å². The topological polar surface area (TPSA) is 140 Å².